The zero-order valence-electron chi connectivity index (χ0n) is 11.9. The highest BCUT2D eigenvalue weighted by molar-refractivity contribution is 5.85. The van der Waals surface area contributed by atoms with E-state index in [4.69, 9.17) is 9.84 Å². The van der Waals surface area contributed by atoms with E-state index in [1.165, 1.54) is 0 Å². The minimum Gasteiger partial charge on any atom is -0.392 e. The van der Waals surface area contributed by atoms with Gasteiger partial charge in [0.05, 0.1) is 19.8 Å². The predicted molar refractivity (Wildman–Crippen MR) is 75.4 cm³/mol. The van der Waals surface area contributed by atoms with E-state index < -0.39 is 0 Å². The van der Waals surface area contributed by atoms with E-state index >= 15 is 0 Å². The van der Waals surface area contributed by atoms with Gasteiger partial charge in [0, 0.05) is 18.8 Å². The third-order valence-corrected chi connectivity index (χ3v) is 3.15. The maximum atomic E-state index is 12.2. The summed E-state index contributed by atoms with van der Waals surface area (Å²) in [5, 5.41) is 11.9. The number of anilines is 1. The summed E-state index contributed by atoms with van der Waals surface area (Å²) in [6.07, 6.45) is 1.63. The van der Waals surface area contributed by atoms with Crippen molar-refractivity contribution in [2.45, 2.75) is 32.5 Å². The first-order valence-corrected chi connectivity index (χ1v) is 6.82. The van der Waals surface area contributed by atoms with Crippen molar-refractivity contribution in [3.8, 4) is 0 Å². The second-order valence-electron chi connectivity index (χ2n) is 5.13. The topological polar surface area (TPSA) is 74.7 Å². The van der Waals surface area contributed by atoms with Crippen LogP contribution in [0.3, 0.4) is 0 Å². The lowest BCUT2D eigenvalue weighted by molar-refractivity contribution is -0.125. The van der Waals surface area contributed by atoms with Crippen LogP contribution in [0.15, 0.2) is 18.3 Å². The first-order chi connectivity index (χ1) is 9.61. The first-order valence-electron chi connectivity index (χ1n) is 6.82. The van der Waals surface area contributed by atoms with Gasteiger partial charge in [-0.05, 0) is 25.5 Å². The molecule has 1 amide bonds. The number of ether oxygens (including phenoxy) is 1. The number of nitrogens with zero attached hydrogens (tertiary/aromatic N) is 2. The van der Waals surface area contributed by atoms with Crippen LogP contribution in [0.2, 0.25) is 0 Å². The smallest absolute Gasteiger partial charge is 0.245 e. The number of amides is 1. The third-order valence-electron chi connectivity index (χ3n) is 3.15. The number of aliphatic hydroxyl groups excluding tert-OH is 1. The van der Waals surface area contributed by atoms with Crippen LogP contribution in [0.1, 0.15) is 19.4 Å². The lowest BCUT2D eigenvalue weighted by Crippen LogP contribution is -2.55. The number of aliphatic hydroxyl groups is 1. The van der Waals surface area contributed by atoms with E-state index in [-0.39, 0.29) is 24.6 Å². The van der Waals surface area contributed by atoms with Gasteiger partial charge in [-0.1, -0.05) is 6.07 Å². The molecule has 1 aliphatic rings. The summed E-state index contributed by atoms with van der Waals surface area (Å²) in [5.74, 6) is 0.683. The number of hydrogen-bond donors (Lipinski definition) is 2. The molecule has 1 aliphatic heterocycles. The van der Waals surface area contributed by atoms with E-state index in [0.29, 0.717) is 19.8 Å². The van der Waals surface area contributed by atoms with Gasteiger partial charge in [-0.25, -0.2) is 4.98 Å². The SMILES string of the molecule is CC(C)NC(=O)C1COCCN1c1ccc(CO)cn1. The number of carbonyl (C=O) groups excluding carboxylic acids is 1. The molecule has 0 spiro atoms. The second-order valence-corrected chi connectivity index (χ2v) is 5.13. The highest BCUT2D eigenvalue weighted by atomic mass is 16.5. The third kappa shape index (κ3) is 3.46. The summed E-state index contributed by atoms with van der Waals surface area (Å²) < 4.78 is 5.41. The van der Waals surface area contributed by atoms with Crippen molar-refractivity contribution < 1.29 is 14.6 Å². The fourth-order valence-electron chi connectivity index (χ4n) is 2.16. The van der Waals surface area contributed by atoms with Crippen LogP contribution in [-0.4, -0.2) is 47.8 Å². The van der Waals surface area contributed by atoms with Gasteiger partial charge >= 0.3 is 0 Å². The average Bonchev–Trinajstić information content (AvgIpc) is 2.46. The van der Waals surface area contributed by atoms with Crippen molar-refractivity contribution in [2.75, 3.05) is 24.7 Å². The Hall–Kier alpha value is -1.66. The Morgan fingerprint density at radius 2 is 2.40 bits per heavy atom. The summed E-state index contributed by atoms with van der Waals surface area (Å²) in [4.78, 5) is 18.5. The highest BCUT2D eigenvalue weighted by Gasteiger charge is 2.30. The van der Waals surface area contributed by atoms with Crippen LogP contribution >= 0.6 is 0 Å². The Balaban J connectivity index is 2.15. The average molecular weight is 279 g/mol. The number of aromatic nitrogens is 1. The molecule has 1 fully saturated rings. The Morgan fingerprint density at radius 1 is 1.60 bits per heavy atom. The Kier molecular flexibility index (Phi) is 4.92. The molecule has 6 heteroatoms. The summed E-state index contributed by atoms with van der Waals surface area (Å²) in [6, 6.07) is 3.37. The molecular formula is C14H21N3O3. The molecule has 20 heavy (non-hydrogen) atoms. The first kappa shape index (κ1) is 14.7. The normalized spacial score (nSPS) is 19.2. The zero-order valence-corrected chi connectivity index (χ0v) is 11.9. The van der Waals surface area contributed by atoms with Crippen molar-refractivity contribution in [3.63, 3.8) is 0 Å². The molecule has 110 valence electrons. The van der Waals surface area contributed by atoms with E-state index in [9.17, 15) is 4.79 Å². The fourth-order valence-corrected chi connectivity index (χ4v) is 2.16. The molecule has 0 radical (unpaired) electrons. The minimum absolute atomic E-state index is 0.0341. The number of hydrogen-bond acceptors (Lipinski definition) is 5. The van der Waals surface area contributed by atoms with Crippen molar-refractivity contribution in [3.05, 3.63) is 23.9 Å². The molecule has 1 aromatic heterocycles. The van der Waals surface area contributed by atoms with Gasteiger partial charge in [-0.2, -0.15) is 0 Å². The molecule has 0 saturated carbocycles. The molecule has 2 rings (SSSR count). The lowest BCUT2D eigenvalue weighted by atomic mass is 10.2. The molecule has 0 bridgehead atoms. The summed E-state index contributed by atoms with van der Waals surface area (Å²) in [5.41, 5.74) is 0.755. The Labute approximate surface area is 118 Å². The van der Waals surface area contributed by atoms with Crippen molar-refractivity contribution in [2.24, 2.45) is 0 Å². The van der Waals surface area contributed by atoms with Crippen LogP contribution in [0.4, 0.5) is 5.82 Å². The van der Waals surface area contributed by atoms with Crippen molar-refractivity contribution in [1.29, 1.82) is 0 Å². The van der Waals surface area contributed by atoms with Gasteiger partial charge in [0.25, 0.3) is 0 Å². The zero-order chi connectivity index (χ0) is 14.5. The van der Waals surface area contributed by atoms with E-state index in [0.717, 1.165) is 11.4 Å². The van der Waals surface area contributed by atoms with Gasteiger partial charge in [0.15, 0.2) is 0 Å². The number of rotatable bonds is 4. The lowest BCUT2D eigenvalue weighted by Gasteiger charge is -2.35. The molecule has 2 N–H and O–H groups in total. The van der Waals surface area contributed by atoms with Crippen LogP contribution < -0.4 is 10.2 Å². The van der Waals surface area contributed by atoms with Crippen LogP contribution in [0, 0.1) is 0 Å². The Bertz CT molecular complexity index is 447. The number of pyridine rings is 1. The quantitative estimate of drug-likeness (QED) is 0.829. The maximum absolute atomic E-state index is 12.2. The molecule has 2 heterocycles. The molecular weight excluding hydrogens is 258 g/mol. The van der Waals surface area contributed by atoms with Crippen LogP contribution in [0.25, 0.3) is 0 Å². The minimum atomic E-state index is -0.362. The molecule has 0 aliphatic carbocycles. The van der Waals surface area contributed by atoms with Gasteiger partial charge in [0.2, 0.25) is 5.91 Å². The predicted octanol–water partition coefficient (Wildman–Crippen LogP) is 0.304. The van der Waals surface area contributed by atoms with E-state index in [2.05, 4.69) is 10.3 Å². The molecule has 6 nitrogen and oxygen atoms in total. The summed E-state index contributed by atoms with van der Waals surface area (Å²) >= 11 is 0. The monoisotopic (exact) mass is 279 g/mol. The molecule has 1 atom stereocenters. The molecule has 0 aromatic carbocycles. The van der Waals surface area contributed by atoms with Crippen molar-refractivity contribution in [1.82, 2.24) is 10.3 Å². The van der Waals surface area contributed by atoms with Crippen LogP contribution in [-0.2, 0) is 16.1 Å². The fraction of sp³-hybridized carbons (Fsp3) is 0.571. The highest BCUT2D eigenvalue weighted by Crippen LogP contribution is 2.18. The van der Waals surface area contributed by atoms with Crippen molar-refractivity contribution >= 4 is 11.7 Å². The summed E-state index contributed by atoms with van der Waals surface area (Å²) in [6.45, 7) is 5.40. The van der Waals surface area contributed by atoms with E-state index in [1.807, 2.05) is 30.9 Å². The van der Waals surface area contributed by atoms with Gasteiger partial charge in [0.1, 0.15) is 11.9 Å². The molecule has 1 saturated heterocycles. The molecule has 1 aromatic rings. The Morgan fingerprint density at radius 3 is 3.00 bits per heavy atom. The summed E-state index contributed by atoms with van der Waals surface area (Å²) in [7, 11) is 0. The van der Waals surface area contributed by atoms with E-state index in [1.54, 1.807) is 6.20 Å². The standard InChI is InChI=1S/C14H21N3O3/c1-10(2)16-14(19)12-9-20-6-5-17(12)13-4-3-11(8-18)7-15-13/h3-4,7,10,12,18H,5-6,8-9H2,1-2H3,(H,16,19). The van der Waals surface area contributed by atoms with Gasteiger partial charge in [-0.3, -0.25) is 4.79 Å². The number of carbonyl (C=O) groups is 1. The second kappa shape index (κ2) is 6.67. The number of morpholine rings is 1. The van der Waals surface area contributed by atoms with Crippen LogP contribution in [0.5, 0.6) is 0 Å². The maximum Gasteiger partial charge on any atom is 0.245 e. The largest absolute Gasteiger partial charge is 0.392 e. The number of nitrogens with one attached hydrogen (secondary N) is 1. The van der Waals surface area contributed by atoms with Gasteiger partial charge < -0.3 is 20.1 Å². The molecule has 1 unspecified atom stereocenters. The van der Waals surface area contributed by atoms with Gasteiger partial charge in [-0.15, -0.1) is 0 Å².